The summed E-state index contributed by atoms with van der Waals surface area (Å²) < 4.78 is 1.97. The van der Waals surface area contributed by atoms with Crippen LogP contribution >= 0.6 is 11.8 Å². The minimum absolute atomic E-state index is 0.150. The van der Waals surface area contributed by atoms with Crippen LogP contribution in [0.15, 0.2) is 6.07 Å². The monoisotopic (exact) mass is 254 g/mol. The highest BCUT2D eigenvalue weighted by Gasteiger charge is 2.15. The molecule has 17 heavy (non-hydrogen) atoms. The van der Waals surface area contributed by atoms with Crippen LogP contribution in [-0.2, 0) is 24.7 Å². The van der Waals surface area contributed by atoms with Gasteiger partial charge in [-0.2, -0.15) is 5.10 Å². The van der Waals surface area contributed by atoms with E-state index in [1.807, 2.05) is 17.8 Å². The second kappa shape index (κ2) is 5.71. The van der Waals surface area contributed by atoms with Crippen molar-refractivity contribution in [1.29, 1.82) is 0 Å². The molecule has 0 amide bonds. The Bertz CT molecular complexity index is 391. The summed E-state index contributed by atoms with van der Waals surface area (Å²) in [7, 11) is 1.90. The summed E-state index contributed by atoms with van der Waals surface area (Å²) in [6, 6.07) is 2.03. The normalized spacial score (nSPS) is 11.8. The van der Waals surface area contributed by atoms with Crippen LogP contribution in [0.25, 0.3) is 0 Å². The summed E-state index contributed by atoms with van der Waals surface area (Å²) in [6.07, 6.45) is 1.41. The van der Waals surface area contributed by atoms with E-state index in [1.54, 1.807) is 11.8 Å². The lowest BCUT2D eigenvalue weighted by Crippen LogP contribution is -2.15. The van der Waals surface area contributed by atoms with Gasteiger partial charge < -0.3 is 0 Å². The van der Waals surface area contributed by atoms with Gasteiger partial charge in [0.05, 0.1) is 11.4 Å². The highest BCUT2D eigenvalue weighted by atomic mass is 32.2. The van der Waals surface area contributed by atoms with Crippen LogP contribution in [0, 0.1) is 0 Å². The highest BCUT2D eigenvalue weighted by molar-refractivity contribution is 8.01. The number of ketones is 1. The second-order valence-electron chi connectivity index (χ2n) is 5.22. The van der Waals surface area contributed by atoms with Crippen molar-refractivity contribution in [3.8, 4) is 0 Å². The van der Waals surface area contributed by atoms with Gasteiger partial charge in [0, 0.05) is 23.9 Å². The molecule has 1 rings (SSSR count). The zero-order valence-corrected chi connectivity index (χ0v) is 12.2. The smallest absolute Gasteiger partial charge is 0.148 e. The lowest BCUT2D eigenvalue weighted by molar-refractivity contribution is -0.116. The largest absolute Gasteiger partial charge is 0.298 e. The minimum Gasteiger partial charge on any atom is -0.298 e. The molecule has 0 aliphatic heterocycles. The minimum atomic E-state index is 0.150. The van der Waals surface area contributed by atoms with E-state index in [0.29, 0.717) is 12.2 Å². The number of aromatic nitrogens is 2. The average molecular weight is 254 g/mol. The van der Waals surface area contributed by atoms with E-state index in [2.05, 4.69) is 32.8 Å². The first kappa shape index (κ1) is 14.3. The highest BCUT2D eigenvalue weighted by Crippen LogP contribution is 2.23. The number of hydrogen-bond acceptors (Lipinski definition) is 3. The maximum Gasteiger partial charge on any atom is 0.148 e. The van der Waals surface area contributed by atoms with Crippen molar-refractivity contribution in [3.63, 3.8) is 0 Å². The summed E-state index contributed by atoms with van der Waals surface area (Å²) >= 11 is 1.70. The van der Waals surface area contributed by atoms with Gasteiger partial charge in [-0.05, 0) is 12.5 Å². The fourth-order valence-corrected chi connectivity index (χ4v) is 2.16. The molecule has 1 aromatic heterocycles. The molecular weight excluding hydrogens is 232 g/mol. The lowest BCUT2D eigenvalue weighted by atomic mass is 10.2. The predicted molar refractivity (Wildman–Crippen MR) is 73.5 cm³/mol. The van der Waals surface area contributed by atoms with E-state index < -0.39 is 0 Å². The first-order chi connectivity index (χ1) is 7.81. The predicted octanol–water partition coefficient (Wildman–Crippen LogP) is 2.63. The number of nitrogens with zero attached hydrogens (tertiary/aromatic N) is 2. The molecule has 0 aliphatic rings. The third-order valence-corrected chi connectivity index (χ3v) is 3.77. The first-order valence-electron chi connectivity index (χ1n) is 5.99. The maximum absolute atomic E-state index is 11.8. The van der Waals surface area contributed by atoms with Crippen molar-refractivity contribution < 1.29 is 4.79 Å². The summed E-state index contributed by atoms with van der Waals surface area (Å²) in [5.74, 6) is 0.853. The standard InChI is InChI=1S/C13H22N2OS/c1-6-10-7-11(15(5)14-10)8-12(16)9-17-13(2,3)4/h7H,6,8-9H2,1-5H3. The van der Waals surface area contributed by atoms with Crippen LogP contribution in [0.1, 0.15) is 39.1 Å². The molecule has 0 radical (unpaired) electrons. The van der Waals surface area contributed by atoms with E-state index in [4.69, 9.17) is 0 Å². The molecule has 96 valence electrons. The van der Waals surface area contributed by atoms with Crippen molar-refractivity contribution in [2.45, 2.75) is 45.3 Å². The number of hydrogen-bond donors (Lipinski definition) is 0. The van der Waals surface area contributed by atoms with E-state index >= 15 is 0 Å². The molecule has 0 aliphatic carbocycles. The molecule has 0 saturated heterocycles. The van der Waals surface area contributed by atoms with Crippen LogP contribution in [-0.4, -0.2) is 26.1 Å². The Morgan fingerprint density at radius 2 is 2.12 bits per heavy atom. The lowest BCUT2D eigenvalue weighted by Gasteiger charge is -2.16. The fourth-order valence-electron chi connectivity index (χ4n) is 1.46. The summed E-state index contributed by atoms with van der Waals surface area (Å²) in [5.41, 5.74) is 2.07. The molecule has 1 heterocycles. The second-order valence-corrected chi connectivity index (χ2v) is 7.02. The Morgan fingerprint density at radius 3 is 2.59 bits per heavy atom. The van der Waals surface area contributed by atoms with Gasteiger partial charge in [0.25, 0.3) is 0 Å². The molecule has 0 aromatic carbocycles. The Morgan fingerprint density at radius 1 is 1.47 bits per heavy atom. The Hall–Kier alpha value is -0.770. The zero-order chi connectivity index (χ0) is 13.1. The van der Waals surface area contributed by atoms with Crippen LogP contribution in [0.5, 0.6) is 0 Å². The molecule has 0 fully saturated rings. The number of aryl methyl sites for hydroxylation is 2. The topological polar surface area (TPSA) is 34.9 Å². The Kier molecular flexibility index (Phi) is 4.80. The third-order valence-electron chi connectivity index (χ3n) is 2.43. The van der Waals surface area contributed by atoms with Crippen molar-refractivity contribution in [2.75, 3.05) is 5.75 Å². The molecule has 0 N–H and O–H groups in total. The molecule has 1 aromatic rings. The van der Waals surface area contributed by atoms with E-state index in [1.165, 1.54) is 0 Å². The molecule has 0 spiro atoms. The Labute approximate surface area is 108 Å². The molecule has 0 bridgehead atoms. The molecular formula is C13H22N2OS. The van der Waals surface area contributed by atoms with Gasteiger partial charge in [-0.1, -0.05) is 27.7 Å². The van der Waals surface area contributed by atoms with Gasteiger partial charge in [0.15, 0.2) is 0 Å². The van der Waals surface area contributed by atoms with E-state index in [9.17, 15) is 4.79 Å². The van der Waals surface area contributed by atoms with Crippen molar-refractivity contribution >= 4 is 17.5 Å². The van der Waals surface area contributed by atoms with Crippen molar-refractivity contribution in [3.05, 3.63) is 17.5 Å². The van der Waals surface area contributed by atoms with Crippen LogP contribution in [0.2, 0.25) is 0 Å². The summed E-state index contributed by atoms with van der Waals surface area (Å²) in [5, 5.41) is 4.35. The van der Waals surface area contributed by atoms with Gasteiger partial charge in [0.1, 0.15) is 5.78 Å². The number of thioether (sulfide) groups is 1. The van der Waals surface area contributed by atoms with E-state index in [0.717, 1.165) is 17.8 Å². The van der Waals surface area contributed by atoms with Gasteiger partial charge in [-0.15, -0.1) is 11.8 Å². The van der Waals surface area contributed by atoms with Crippen LogP contribution in [0.3, 0.4) is 0 Å². The van der Waals surface area contributed by atoms with Gasteiger partial charge >= 0.3 is 0 Å². The number of rotatable bonds is 5. The van der Waals surface area contributed by atoms with Gasteiger partial charge in [0.2, 0.25) is 0 Å². The summed E-state index contributed by atoms with van der Waals surface area (Å²) in [4.78, 5) is 11.8. The number of carbonyl (C=O) groups excluding carboxylic acids is 1. The number of Topliss-reactive ketones (excluding diaryl/α,β-unsaturated/α-hetero) is 1. The maximum atomic E-state index is 11.8. The van der Waals surface area contributed by atoms with Crippen LogP contribution < -0.4 is 0 Å². The van der Waals surface area contributed by atoms with Crippen molar-refractivity contribution in [2.24, 2.45) is 7.05 Å². The fraction of sp³-hybridized carbons (Fsp3) is 0.692. The number of carbonyl (C=O) groups is 1. The first-order valence-corrected chi connectivity index (χ1v) is 6.98. The molecule has 0 saturated carbocycles. The van der Waals surface area contributed by atoms with Gasteiger partial charge in [-0.3, -0.25) is 9.48 Å². The third kappa shape index (κ3) is 4.94. The molecule has 0 unspecified atom stereocenters. The quantitative estimate of drug-likeness (QED) is 0.810. The Balaban J connectivity index is 2.53. The van der Waals surface area contributed by atoms with Crippen LogP contribution in [0.4, 0.5) is 0 Å². The SMILES string of the molecule is CCc1cc(CC(=O)CSC(C)(C)C)n(C)n1. The van der Waals surface area contributed by atoms with E-state index in [-0.39, 0.29) is 10.5 Å². The molecule has 4 heteroatoms. The average Bonchev–Trinajstić information content (AvgIpc) is 2.56. The molecule has 0 atom stereocenters. The van der Waals surface area contributed by atoms with Gasteiger partial charge in [-0.25, -0.2) is 0 Å². The zero-order valence-electron chi connectivity index (χ0n) is 11.4. The van der Waals surface area contributed by atoms with Crippen molar-refractivity contribution in [1.82, 2.24) is 9.78 Å². The molecule has 3 nitrogen and oxygen atoms in total. The summed E-state index contributed by atoms with van der Waals surface area (Å²) in [6.45, 7) is 8.46.